The van der Waals surface area contributed by atoms with Crippen molar-refractivity contribution in [1.29, 1.82) is 0 Å². The summed E-state index contributed by atoms with van der Waals surface area (Å²) in [5, 5.41) is 0. The molecule has 0 aliphatic carbocycles. The highest BCUT2D eigenvalue weighted by molar-refractivity contribution is 7.39. The first kappa shape index (κ1) is 8.13. The predicted molar refractivity (Wildman–Crippen MR) is 39.8 cm³/mol. The fourth-order valence-electron chi connectivity index (χ4n) is 0.334. The average molecular weight is 132 g/mol. The first-order chi connectivity index (χ1) is 3.81. The van der Waals surface area contributed by atoms with E-state index in [1.807, 2.05) is 6.92 Å². The van der Waals surface area contributed by atoms with Gasteiger partial charge in [-0.1, -0.05) is 15.1 Å². The molecule has 2 heteroatoms. The van der Waals surface area contributed by atoms with Gasteiger partial charge >= 0.3 is 0 Å². The zero-order chi connectivity index (χ0) is 6.41. The Morgan fingerprint density at radius 3 is 2.62 bits per heavy atom. The smallest absolute Gasteiger partial charge is 0.0711 e. The SMILES string of the molecule is CCCP=C(C)OC. The topological polar surface area (TPSA) is 9.23 Å². The van der Waals surface area contributed by atoms with Gasteiger partial charge in [0.15, 0.2) is 0 Å². The fourth-order valence-corrected chi connectivity index (χ4v) is 1.00. The van der Waals surface area contributed by atoms with E-state index in [0.29, 0.717) is 0 Å². The van der Waals surface area contributed by atoms with Crippen molar-refractivity contribution in [3.05, 3.63) is 0 Å². The third-order valence-corrected chi connectivity index (χ3v) is 2.15. The summed E-state index contributed by atoms with van der Waals surface area (Å²) in [5.74, 6) is 0. The van der Waals surface area contributed by atoms with Crippen LogP contribution in [-0.4, -0.2) is 18.8 Å². The Balaban J connectivity index is 3.26. The van der Waals surface area contributed by atoms with Gasteiger partial charge in [0.05, 0.1) is 5.48 Å². The van der Waals surface area contributed by atoms with E-state index >= 15 is 0 Å². The molecule has 0 saturated heterocycles. The van der Waals surface area contributed by atoms with Crippen LogP contribution in [-0.2, 0) is 4.74 Å². The molecule has 0 aromatic rings. The molecule has 48 valence electrons. The molecule has 0 N–H and O–H groups in total. The first-order valence-corrected chi connectivity index (χ1v) is 3.94. The van der Waals surface area contributed by atoms with Crippen LogP contribution in [0, 0.1) is 0 Å². The first-order valence-electron chi connectivity index (χ1n) is 2.86. The van der Waals surface area contributed by atoms with Gasteiger partial charge in [-0.2, -0.15) is 0 Å². The van der Waals surface area contributed by atoms with E-state index in [1.54, 1.807) is 7.11 Å². The highest BCUT2D eigenvalue weighted by Crippen LogP contribution is 2.00. The summed E-state index contributed by atoms with van der Waals surface area (Å²) in [4.78, 5) is 0. The summed E-state index contributed by atoms with van der Waals surface area (Å²) in [6.07, 6.45) is 2.46. The van der Waals surface area contributed by atoms with Crippen LogP contribution in [0.3, 0.4) is 0 Å². The van der Waals surface area contributed by atoms with Crippen molar-refractivity contribution in [2.24, 2.45) is 0 Å². The molecular weight excluding hydrogens is 119 g/mol. The van der Waals surface area contributed by atoms with E-state index in [9.17, 15) is 0 Å². The van der Waals surface area contributed by atoms with Gasteiger partial charge in [0.25, 0.3) is 0 Å². The minimum Gasteiger partial charge on any atom is -0.350 e. The van der Waals surface area contributed by atoms with Crippen molar-refractivity contribution in [2.45, 2.75) is 20.3 Å². The van der Waals surface area contributed by atoms with Gasteiger partial charge < -0.3 is 4.74 Å². The minimum atomic E-state index is 1.12. The van der Waals surface area contributed by atoms with Gasteiger partial charge in [-0.3, -0.25) is 0 Å². The largest absolute Gasteiger partial charge is 0.350 e. The van der Waals surface area contributed by atoms with Crippen LogP contribution in [0.2, 0.25) is 0 Å². The Hall–Kier alpha value is 0.130. The number of hydrogen-bond donors (Lipinski definition) is 0. The summed E-state index contributed by atoms with van der Waals surface area (Å²) in [7, 11) is 3.06. The van der Waals surface area contributed by atoms with E-state index < -0.39 is 0 Å². The summed E-state index contributed by atoms with van der Waals surface area (Å²) in [5.41, 5.74) is 1.12. The Bertz CT molecular complexity index is 78.6. The Labute approximate surface area is 52.9 Å². The molecule has 0 saturated carbocycles. The van der Waals surface area contributed by atoms with Crippen LogP contribution in [0.15, 0.2) is 0 Å². The van der Waals surface area contributed by atoms with Crippen molar-refractivity contribution >= 4 is 13.7 Å². The fraction of sp³-hybridized carbons (Fsp3) is 0.833. The molecule has 0 fully saturated rings. The lowest BCUT2D eigenvalue weighted by Crippen LogP contribution is -1.88. The van der Waals surface area contributed by atoms with Crippen LogP contribution in [0.25, 0.3) is 0 Å². The molecule has 1 nitrogen and oxygen atoms in total. The molecule has 0 amide bonds. The highest BCUT2D eigenvalue weighted by atomic mass is 31.1. The Morgan fingerprint density at radius 2 is 2.25 bits per heavy atom. The molecule has 0 unspecified atom stereocenters. The number of rotatable bonds is 3. The van der Waals surface area contributed by atoms with Gasteiger partial charge in [-0.05, 0) is 19.5 Å². The van der Waals surface area contributed by atoms with E-state index in [4.69, 9.17) is 4.74 Å². The quantitative estimate of drug-likeness (QED) is 0.534. The Morgan fingerprint density at radius 1 is 1.62 bits per heavy atom. The average Bonchev–Trinajstić information content (AvgIpc) is 1.83. The van der Waals surface area contributed by atoms with Crippen LogP contribution in [0.5, 0.6) is 0 Å². The van der Waals surface area contributed by atoms with Crippen molar-refractivity contribution in [2.75, 3.05) is 13.3 Å². The summed E-state index contributed by atoms with van der Waals surface area (Å²) in [6, 6.07) is 0. The molecule has 0 radical (unpaired) electrons. The summed E-state index contributed by atoms with van der Waals surface area (Å²) >= 11 is 0. The van der Waals surface area contributed by atoms with Gasteiger partial charge in [-0.25, -0.2) is 0 Å². The maximum atomic E-state index is 4.96. The van der Waals surface area contributed by atoms with Crippen LogP contribution in [0.1, 0.15) is 20.3 Å². The zero-order valence-electron chi connectivity index (χ0n) is 5.77. The van der Waals surface area contributed by atoms with Crippen LogP contribution < -0.4 is 0 Å². The van der Waals surface area contributed by atoms with Crippen molar-refractivity contribution in [3.8, 4) is 0 Å². The molecule has 0 aliphatic rings. The molecule has 0 heterocycles. The lowest BCUT2D eigenvalue weighted by molar-refractivity contribution is 0.411. The van der Waals surface area contributed by atoms with Gasteiger partial charge in [0, 0.05) is 7.11 Å². The third kappa shape index (κ3) is 4.29. The van der Waals surface area contributed by atoms with Crippen molar-refractivity contribution in [3.63, 3.8) is 0 Å². The van der Waals surface area contributed by atoms with E-state index in [-0.39, 0.29) is 0 Å². The van der Waals surface area contributed by atoms with E-state index in [1.165, 1.54) is 20.8 Å². The second kappa shape index (κ2) is 5.27. The number of methoxy groups -OCH3 is 1. The molecule has 0 spiro atoms. The number of hydrogen-bond acceptors (Lipinski definition) is 1. The summed E-state index contributed by atoms with van der Waals surface area (Å²) < 4.78 is 4.96. The summed E-state index contributed by atoms with van der Waals surface area (Å²) in [6.45, 7) is 4.19. The molecule has 0 aliphatic heterocycles. The highest BCUT2D eigenvalue weighted by Gasteiger charge is 1.80. The number of ether oxygens (including phenoxy) is 1. The molecule has 0 aromatic heterocycles. The van der Waals surface area contributed by atoms with Crippen LogP contribution >= 0.6 is 8.20 Å². The van der Waals surface area contributed by atoms with E-state index in [2.05, 4.69) is 6.92 Å². The Kier molecular flexibility index (Phi) is 5.36. The van der Waals surface area contributed by atoms with Crippen molar-refractivity contribution in [1.82, 2.24) is 0 Å². The monoisotopic (exact) mass is 132 g/mol. The van der Waals surface area contributed by atoms with E-state index in [0.717, 1.165) is 5.48 Å². The van der Waals surface area contributed by atoms with Gasteiger partial charge in [-0.15, -0.1) is 0 Å². The normalized spacial score (nSPS) is 12.1. The molecule has 0 aromatic carbocycles. The second-order valence-electron chi connectivity index (χ2n) is 1.60. The zero-order valence-corrected chi connectivity index (χ0v) is 6.66. The maximum Gasteiger partial charge on any atom is 0.0711 e. The molecule has 0 bridgehead atoms. The minimum absolute atomic E-state index is 1.12. The van der Waals surface area contributed by atoms with Gasteiger partial charge in [0.1, 0.15) is 0 Å². The molecule has 8 heavy (non-hydrogen) atoms. The molecular formula is C6H13OP. The maximum absolute atomic E-state index is 4.96. The molecule has 0 rings (SSSR count). The predicted octanol–water partition coefficient (Wildman–Crippen LogP) is 2.14. The molecule has 0 atom stereocenters. The van der Waals surface area contributed by atoms with Crippen molar-refractivity contribution < 1.29 is 4.74 Å². The third-order valence-electron chi connectivity index (χ3n) is 0.853. The van der Waals surface area contributed by atoms with Crippen LogP contribution in [0.4, 0.5) is 0 Å². The second-order valence-corrected chi connectivity index (χ2v) is 3.00. The lowest BCUT2D eigenvalue weighted by atomic mass is 10.6. The standard InChI is InChI=1S/C6H13OP/c1-4-5-8-6(2)7-3/h4-5H2,1-3H3. The van der Waals surface area contributed by atoms with Gasteiger partial charge in [0.2, 0.25) is 0 Å². The lowest BCUT2D eigenvalue weighted by Gasteiger charge is -1.91.